The Balaban J connectivity index is 2.37. The topological polar surface area (TPSA) is 66.8 Å². The van der Waals surface area contributed by atoms with E-state index in [2.05, 4.69) is 0 Å². The molecule has 1 N–H and O–H groups in total. The Morgan fingerprint density at radius 1 is 1.53 bits per heavy atom. The Hall–Kier alpha value is -0.820. The van der Waals surface area contributed by atoms with E-state index in [1.165, 1.54) is 29.6 Å². The maximum atomic E-state index is 12.5. The second-order valence-electron chi connectivity index (χ2n) is 4.39. The van der Waals surface area contributed by atoms with Gasteiger partial charge < -0.3 is 9.84 Å². The zero-order chi connectivity index (χ0) is 14.0. The molecule has 0 aliphatic carbocycles. The number of hydrogen-bond acceptors (Lipinski definition) is 4. The van der Waals surface area contributed by atoms with Gasteiger partial charge in [0.05, 0.1) is 23.6 Å². The lowest BCUT2D eigenvalue weighted by Crippen LogP contribution is -2.37. The van der Waals surface area contributed by atoms with Crippen LogP contribution in [0.1, 0.15) is 12.8 Å². The van der Waals surface area contributed by atoms with Crippen LogP contribution in [0.15, 0.2) is 23.1 Å². The fourth-order valence-electron chi connectivity index (χ4n) is 2.25. The zero-order valence-corrected chi connectivity index (χ0v) is 12.1. The largest absolute Gasteiger partial charge is 0.495 e. The first-order valence-corrected chi connectivity index (χ1v) is 7.78. The predicted molar refractivity (Wildman–Crippen MR) is 72.0 cm³/mol. The maximum absolute atomic E-state index is 12.5. The highest BCUT2D eigenvalue weighted by molar-refractivity contribution is 7.89. The maximum Gasteiger partial charge on any atom is 0.243 e. The van der Waals surface area contributed by atoms with E-state index in [1.54, 1.807) is 0 Å². The molecule has 1 aromatic rings. The smallest absolute Gasteiger partial charge is 0.243 e. The van der Waals surface area contributed by atoms with Gasteiger partial charge in [0.15, 0.2) is 0 Å². The Morgan fingerprint density at radius 2 is 2.26 bits per heavy atom. The van der Waals surface area contributed by atoms with Crippen molar-refractivity contribution in [3.05, 3.63) is 23.2 Å². The first-order chi connectivity index (χ1) is 9.00. The van der Waals surface area contributed by atoms with Crippen LogP contribution in [0.5, 0.6) is 5.75 Å². The molecule has 1 heterocycles. The van der Waals surface area contributed by atoms with E-state index >= 15 is 0 Å². The number of rotatable bonds is 4. The molecule has 1 aliphatic rings. The van der Waals surface area contributed by atoms with Gasteiger partial charge in [-0.3, -0.25) is 0 Å². The average molecular weight is 306 g/mol. The average Bonchev–Trinajstić information content (AvgIpc) is 2.87. The van der Waals surface area contributed by atoms with E-state index in [0.29, 0.717) is 18.7 Å². The van der Waals surface area contributed by atoms with Gasteiger partial charge in [-0.25, -0.2) is 8.42 Å². The molecule has 0 amide bonds. The number of ether oxygens (including phenoxy) is 1. The molecule has 106 valence electrons. The molecule has 0 saturated carbocycles. The van der Waals surface area contributed by atoms with Crippen LogP contribution in [-0.2, 0) is 10.0 Å². The molecule has 7 heteroatoms. The van der Waals surface area contributed by atoms with Crippen molar-refractivity contribution in [2.75, 3.05) is 20.3 Å². The van der Waals surface area contributed by atoms with Crippen LogP contribution in [-0.4, -0.2) is 44.1 Å². The van der Waals surface area contributed by atoms with E-state index in [0.717, 1.165) is 6.42 Å². The van der Waals surface area contributed by atoms with Crippen molar-refractivity contribution < 1.29 is 18.3 Å². The highest BCUT2D eigenvalue weighted by Gasteiger charge is 2.35. The summed E-state index contributed by atoms with van der Waals surface area (Å²) < 4.78 is 31.3. The monoisotopic (exact) mass is 305 g/mol. The molecule has 0 aromatic heterocycles. The van der Waals surface area contributed by atoms with Crippen LogP contribution in [0.25, 0.3) is 0 Å². The highest BCUT2D eigenvalue weighted by Crippen LogP contribution is 2.31. The molecule has 1 aliphatic heterocycles. The van der Waals surface area contributed by atoms with Crippen molar-refractivity contribution in [3.8, 4) is 5.75 Å². The molecule has 2 rings (SSSR count). The van der Waals surface area contributed by atoms with Crippen LogP contribution in [0.3, 0.4) is 0 Å². The Morgan fingerprint density at radius 3 is 2.84 bits per heavy atom. The third-order valence-corrected chi connectivity index (χ3v) is 5.51. The van der Waals surface area contributed by atoms with Gasteiger partial charge in [-0.05, 0) is 31.0 Å². The van der Waals surface area contributed by atoms with Gasteiger partial charge in [0, 0.05) is 12.6 Å². The second kappa shape index (κ2) is 5.66. The third-order valence-electron chi connectivity index (χ3n) is 3.26. The summed E-state index contributed by atoms with van der Waals surface area (Å²) in [4.78, 5) is 0.124. The van der Waals surface area contributed by atoms with E-state index in [-0.39, 0.29) is 22.6 Å². The molecule has 1 saturated heterocycles. The van der Waals surface area contributed by atoms with E-state index < -0.39 is 10.0 Å². The molecular weight excluding hydrogens is 290 g/mol. The Bertz CT molecular complexity index is 561. The minimum atomic E-state index is -3.61. The van der Waals surface area contributed by atoms with Crippen molar-refractivity contribution in [2.45, 2.75) is 23.8 Å². The lowest BCUT2D eigenvalue weighted by Gasteiger charge is -2.22. The summed E-state index contributed by atoms with van der Waals surface area (Å²) in [7, 11) is -2.14. The molecular formula is C12H16ClNO4S. The van der Waals surface area contributed by atoms with E-state index in [9.17, 15) is 13.5 Å². The summed E-state index contributed by atoms with van der Waals surface area (Å²) in [5.74, 6) is 0.431. The number of sulfonamides is 1. The van der Waals surface area contributed by atoms with Gasteiger partial charge in [-0.2, -0.15) is 4.31 Å². The number of benzene rings is 1. The van der Waals surface area contributed by atoms with Gasteiger partial charge in [0.2, 0.25) is 10.0 Å². The number of aliphatic hydroxyl groups excluding tert-OH is 1. The quantitative estimate of drug-likeness (QED) is 0.915. The van der Waals surface area contributed by atoms with Crippen LogP contribution in [0, 0.1) is 0 Å². The van der Waals surface area contributed by atoms with Crippen LogP contribution in [0.2, 0.25) is 5.02 Å². The Kier molecular flexibility index (Phi) is 4.35. The first-order valence-electron chi connectivity index (χ1n) is 5.97. The van der Waals surface area contributed by atoms with E-state index in [4.69, 9.17) is 16.3 Å². The van der Waals surface area contributed by atoms with Crippen LogP contribution < -0.4 is 4.74 Å². The number of nitrogens with zero attached hydrogens (tertiary/aromatic N) is 1. The number of methoxy groups -OCH3 is 1. The minimum absolute atomic E-state index is 0.124. The van der Waals surface area contributed by atoms with E-state index in [1.807, 2.05) is 0 Å². The predicted octanol–water partition coefficient (Wildman–Crippen LogP) is 1.49. The fourth-order valence-corrected chi connectivity index (χ4v) is 4.29. The van der Waals surface area contributed by atoms with Gasteiger partial charge >= 0.3 is 0 Å². The number of halogens is 1. The highest BCUT2D eigenvalue weighted by atomic mass is 35.5. The molecule has 0 spiro atoms. The summed E-state index contributed by atoms with van der Waals surface area (Å²) in [5, 5.41) is 9.48. The molecule has 1 fully saturated rings. The van der Waals surface area contributed by atoms with Gasteiger partial charge in [0.25, 0.3) is 0 Å². The van der Waals surface area contributed by atoms with Crippen molar-refractivity contribution in [1.29, 1.82) is 0 Å². The molecule has 0 bridgehead atoms. The summed E-state index contributed by atoms with van der Waals surface area (Å²) in [6, 6.07) is 4.03. The molecule has 0 radical (unpaired) electrons. The van der Waals surface area contributed by atoms with Crippen molar-refractivity contribution in [3.63, 3.8) is 0 Å². The Labute approximate surface area is 117 Å². The third kappa shape index (κ3) is 2.72. The molecule has 1 aromatic carbocycles. The van der Waals surface area contributed by atoms with Crippen LogP contribution >= 0.6 is 11.6 Å². The van der Waals surface area contributed by atoms with Gasteiger partial charge in [-0.1, -0.05) is 11.6 Å². The molecule has 19 heavy (non-hydrogen) atoms. The summed E-state index contributed by atoms with van der Waals surface area (Å²) in [5.41, 5.74) is 0. The lowest BCUT2D eigenvalue weighted by atomic mass is 10.2. The number of hydrogen-bond donors (Lipinski definition) is 1. The van der Waals surface area contributed by atoms with Crippen molar-refractivity contribution in [2.24, 2.45) is 0 Å². The fraction of sp³-hybridized carbons (Fsp3) is 0.500. The zero-order valence-electron chi connectivity index (χ0n) is 10.5. The van der Waals surface area contributed by atoms with Crippen molar-refractivity contribution in [1.82, 2.24) is 4.31 Å². The molecule has 1 atom stereocenters. The molecule has 5 nitrogen and oxygen atoms in total. The van der Waals surface area contributed by atoms with Gasteiger partial charge in [-0.15, -0.1) is 0 Å². The summed E-state index contributed by atoms with van der Waals surface area (Å²) in [6.07, 6.45) is 1.44. The summed E-state index contributed by atoms with van der Waals surface area (Å²) in [6.45, 7) is 0.264. The minimum Gasteiger partial charge on any atom is -0.495 e. The van der Waals surface area contributed by atoms with Crippen molar-refractivity contribution >= 4 is 21.6 Å². The van der Waals surface area contributed by atoms with Gasteiger partial charge in [0.1, 0.15) is 5.75 Å². The SMILES string of the molecule is COc1ccc(S(=O)(=O)N2CCC[C@H]2CO)cc1Cl. The normalized spacial score (nSPS) is 20.7. The van der Waals surface area contributed by atoms with Crippen LogP contribution in [0.4, 0.5) is 0 Å². The molecule has 0 unspecified atom stereocenters. The first kappa shape index (κ1) is 14.6. The summed E-state index contributed by atoms with van der Waals surface area (Å²) >= 11 is 5.96. The second-order valence-corrected chi connectivity index (χ2v) is 6.69. The lowest BCUT2D eigenvalue weighted by molar-refractivity contribution is 0.213. The number of aliphatic hydroxyl groups is 1. The standard InChI is InChI=1S/C12H16ClNO4S/c1-18-12-5-4-10(7-11(12)13)19(16,17)14-6-2-3-9(14)8-15/h4-5,7,9,15H,2-3,6,8H2,1H3/t9-/m0/s1.